The molecule has 0 spiro atoms. The number of thiocarbonyl (C=S) groups is 1. The van der Waals surface area contributed by atoms with E-state index in [1.54, 1.807) is 6.07 Å². The Kier molecular flexibility index (Phi) is 7.20. The molecule has 0 aliphatic heterocycles. The van der Waals surface area contributed by atoms with Gasteiger partial charge < -0.3 is 5.11 Å². The first kappa shape index (κ1) is 16.3. The number of nitrogens with one attached hydrogen (secondary N) is 1. The summed E-state index contributed by atoms with van der Waals surface area (Å²) in [6, 6.07) is 5.44. The van der Waals surface area contributed by atoms with E-state index in [1.807, 2.05) is 25.3 Å². The lowest BCUT2D eigenvalue weighted by atomic mass is 10.0. The number of phenols is 1. The van der Waals surface area contributed by atoms with Crippen molar-refractivity contribution in [2.24, 2.45) is 5.10 Å². The minimum Gasteiger partial charge on any atom is -0.507 e. The maximum absolute atomic E-state index is 9.95. The number of rotatable bonds is 5. The number of aryl methyl sites for hydroxylation is 1. The fourth-order valence-electron chi connectivity index (χ4n) is 1.52. The molecule has 0 aromatic heterocycles. The SMILES string of the molecule is CSC(=S)N/N=C(/CCCCl)c1cc(C)ccc1O. The minimum atomic E-state index is 0.218. The second kappa shape index (κ2) is 8.40. The minimum absolute atomic E-state index is 0.218. The van der Waals surface area contributed by atoms with E-state index in [1.165, 1.54) is 11.8 Å². The van der Waals surface area contributed by atoms with Gasteiger partial charge in [0.15, 0.2) is 4.32 Å². The van der Waals surface area contributed by atoms with Crippen LogP contribution in [-0.4, -0.2) is 27.3 Å². The second-order valence-electron chi connectivity index (χ2n) is 3.98. The van der Waals surface area contributed by atoms with Crippen LogP contribution in [0.5, 0.6) is 5.75 Å². The molecule has 104 valence electrons. The van der Waals surface area contributed by atoms with E-state index in [-0.39, 0.29) is 5.75 Å². The van der Waals surface area contributed by atoms with Crippen LogP contribution in [0.2, 0.25) is 0 Å². The highest BCUT2D eigenvalue weighted by Gasteiger charge is 2.10. The molecule has 19 heavy (non-hydrogen) atoms. The van der Waals surface area contributed by atoms with Crippen LogP contribution in [0.15, 0.2) is 23.3 Å². The van der Waals surface area contributed by atoms with Crippen molar-refractivity contribution in [1.82, 2.24) is 5.43 Å². The highest BCUT2D eigenvalue weighted by Crippen LogP contribution is 2.21. The summed E-state index contributed by atoms with van der Waals surface area (Å²) in [6.07, 6.45) is 3.36. The monoisotopic (exact) mass is 316 g/mol. The Morgan fingerprint density at radius 1 is 1.53 bits per heavy atom. The normalized spacial score (nSPS) is 11.4. The number of nitrogens with zero attached hydrogens (tertiary/aromatic N) is 1. The maximum Gasteiger partial charge on any atom is 0.153 e. The van der Waals surface area contributed by atoms with Crippen molar-refractivity contribution in [3.63, 3.8) is 0 Å². The summed E-state index contributed by atoms with van der Waals surface area (Å²) >= 11 is 12.2. The first-order valence-electron chi connectivity index (χ1n) is 5.85. The van der Waals surface area contributed by atoms with Gasteiger partial charge in [0, 0.05) is 11.4 Å². The summed E-state index contributed by atoms with van der Waals surface area (Å²) in [5.41, 5.74) is 5.37. The molecule has 0 atom stereocenters. The Bertz CT molecular complexity index is 478. The number of hydrogen-bond acceptors (Lipinski definition) is 4. The first-order valence-corrected chi connectivity index (χ1v) is 8.01. The smallest absolute Gasteiger partial charge is 0.153 e. The molecule has 0 saturated heterocycles. The Labute approximate surface area is 128 Å². The molecule has 0 unspecified atom stereocenters. The predicted molar refractivity (Wildman–Crippen MR) is 88.6 cm³/mol. The van der Waals surface area contributed by atoms with Crippen LogP contribution in [-0.2, 0) is 0 Å². The molecule has 0 amide bonds. The summed E-state index contributed by atoms with van der Waals surface area (Å²) in [7, 11) is 0. The van der Waals surface area contributed by atoms with Gasteiger partial charge in [0.2, 0.25) is 0 Å². The maximum atomic E-state index is 9.95. The molecule has 0 radical (unpaired) electrons. The van der Waals surface area contributed by atoms with Gasteiger partial charge in [-0.25, -0.2) is 0 Å². The topological polar surface area (TPSA) is 44.6 Å². The van der Waals surface area contributed by atoms with Gasteiger partial charge in [-0.15, -0.1) is 11.6 Å². The highest BCUT2D eigenvalue weighted by atomic mass is 35.5. The van der Waals surface area contributed by atoms with Crippen LogP contribution in [0.3, 0.4) is 0 Å². The largest absolute Gasteiger partial charge is 0.507 e. The number of aromatic hydroxyl groups is 1. The van der Waals surface area contributed by atoms with Crippen LogP contribution >= 0.6 is 35.6 Å². The van der Waals surface area contributed by atoms with Gasteiger partial charge in [-0.2, -0.15) is 5.10 Å². The molecule has 0 heterocycles. The fourth-order valence-corrected chi connectivity index (χ4v) is 1.84. The highest BCUT2D eigenvalue weighted by molar-refractivity contribution is 8.22. The number of alkyl halides is 1. The van der Waals surface area contributed by atoms with E-state index in [4.69, 9.17) is 23.8 Å². The molecule has 0 saturated carbocycles. The molecule has 0 aliphatic rings. The van der Waals surface area contributed by atoms with E-state index in [9.17, 15) is 5.11 Å². The van der Waals surface area contributed by atoms with Crippen molar-refractivity contribution in [2.45, 2.75) is 19.8 Å². The van der Waals surface area contributed by atoms with Crippen molar-refractivity contribution in [3.8, 4) is 5.75 Å². The molecule has 0 aliphatic carbocycles. The Hall–Kier alpha value is -0.780. The zero-order chi connectivity index (χ0) is 14.3. The summed E-state index contributed by atoms with van der Waals surface area (Å²) < 4.78 is 0.593. The van der Waals surface area contributed by atoms with Crippen molar-refractivity contribution >= 4 is 45.6 Å². The average Bonchev–Trinajstić information content (AvgIpc) is 2.41. The summed E-state index contributed by atoms with van der Waals surface area (Å²) in [4.78, 5) is 0. The van der Waals surface area contributed by atoms with Crippen LogP contribution < -0.4 is 5.43 Å². The lowest BCUT2D eigenvalue weighted by Gasteiger charge is -2.10. The van der Waals surface area contributed by atoms with E-state index >= 15 is 0 Å². The van der Waals surface area contributed by atoms with Gasteiger partial charge >= 0.3 is 0 Å². The number of hydrazone groups is 1. The molecule has 1 aromatic rings. The fraction of sp³-hybridized carbons (Fsp3) is 0.385. The molecular weight excluding hydrogens is 300 g/mol. The third kappa shape index (κ3) is 5.38. The standard InChI is InChI=1S/C13H17ClN2OS2/c1-9-5-6-12(17)10(8-9)11(4-3-7-14)15-16-13(18)19-2/h5-6,8,17H,3-4,7H2,1-2H3,(H,16,18)/b15-11-. The zero-order valence-electron chi connectivity index (χ0n) is 10.9. The van der Waals surface area contributed by atoms with Crippen LogP contribution in [0.4, 0.5) is 0 Å². The molecule has 2 N–H and O–H groups in total. The van der Waals surface area contributed by atoms with Crippen LogP contribution in [0, 0.1) is 6.92 Å². The molecule has 0 bridgehead atoms. The van der Waals surface area contributed by atoms with Crippen molar-refractivity contribution in [2.75, 3.05) is 12.1 Å². The van der Waals surface area contributed by atoms with E-state index < -0.39 is 0 Å². The van der Waals surface area contributed by atoms with E-state index in [0.29, 0.717) is 16.6 Å². The zero-order valence-corrected chi connectivity index (χ0v) is 13.3. The Balaban J connectivity index is 3.01. The molecule has 3 nitrogen and oxygen atoms in total. The summed E-state index contributed by atoms with van der Waals surface area (Å²) in [5, 5.41) is 14.2. The molecule has 1 aromatic carbocycles. The second-order valence-corrected chi connectivity index (χ2v) is 5.84. The van der Waals surface area contributed by atoms with Crippen LogP contribution in [0.1, 0.15) is 24.0 Å². The molecule has 1 rings (SSSR count). The van der Waals surface area contributed by atoms with Gasteiger partial charge in [0.05, 0.1) is 5.71 Å². The number of benzene rings is 1. The van der Waals surface area contributed by atoms with Gasteiger partial charge in [-0.1, -0.05) is 35.6 Å². The number of thioether (sulfide) groups is 1. The predicted octanol–water partition coefficient (Wildman–Crippen LogP) is 3.66. The number of halogens is 1. The summed E-state index contributed by atoms with van der Waals surface area (Å²) in [5.74, 6) is 0.772. The van der Waals surface area contributed by atoms with Crippen molar-refractivity contribution < 1.29 is 5.11 Å². The Morgan fingerprint density at radius 3 is 2.89 bits per heavy atom. The molecule has 6 heteroatoms. The van der Waals surface area contributed by atoms with Gasteiger partial charge in [-0.05, 0) is 38.2 Å². The van der Waals surface area contributed by atoms with Gasteiger partial charge in [-0.3, -0.25) is 5.43 Å². The molecule has 0 fully saturated rings. The van der Waals surface area contributed by atoms with Gasteiger partial charge in [0.1, 0.15) is 5.75 Å². The lowest BCUT2D eigenvalue weighted by molar-refractivity contribution is 0.473. The van der Waals surface area contributed by atoms with E-state index in [2.05, 4.69) is 10.5 Å². The third-order valence-electron chi connectivity index (χ3n) is 2.48. The van der Waals surface area contributed by atoms with Crippen molar-refractivity contribution in [3.05, 3.63) is 29.3 Å². The van der Waals surface area contributed by atoms with Crippen molar-refractivity contribution in [1.29, 1.82) is 0 Å². The average molecular weight is 317 g/mol. The van der Waals surface area contributed by atoms with E-state index in [0.717, 1.165) is 23.3 Å². The quantitative estimate of drug-likeness (QED) is 0.376. The summed E-state index contributed by atoms with van der Waals surface area (Å²) in [6.45, 7) is 1.97. The number of phenolic OH excluding ortho intramolecular Hbond substituents is 1. The third-order valence-corrected chi connectivity index (χ3v) is 3.80. The van der Waals surface area contributed by atoms with Gasteiger partial charge in [0.25, 0.3) is 0 Å². The first-order chi connectivity index (χ1) is 9.08. The molecular formula is C13H17ClN2OS2. The lowest BCUT2D eigenvalue weighted by Crippen LogP contribution is -2.15. The van der Waals surface area contributed by atoms with Crippen LogP contribution in [0.25, 0.3) is 0 Å². The number of hydrogen-bond donors (Lipinski definition) is 2. The Morgan fingerprint density at radius 2 is 2.26 bits per heavy atom.